The summed E-state index contributed by atoms with van der Waals surface area (Å²) in [6.07, 6.45) is 78.6. The third-order valence-corrected chi connectivity index (χ3v) is 67.6. The topological polar surface area (TPSA) is 0 Å². The molecule has 0 spiro atoms. The number of halogens is 8. The second kappa shape index (κ2) is 60.2. The van der Waals surface area contributed by atoms with Gasteiger partial charge in [0, 0.05) is 0 Å². The van der Waals surface area contributed by atoms with E-state index >= 15 is 0 Å². The Morgan fingerprint density at radius 1 is 0.237 bits per heavy atom. The molecule has 0 radical (unpaired) electrons. The maximum atomic E-state index is 4.93. The molecule has 0 saturated heterocycles. The Labute approximate surface area is 945 Å². The first-order chi connectivity index (χ1) is 63.2. The van der Waals surface area contributed by atoms with Gasteiger partial charge in [-0.2, -0.15) is 0 Å². The zero-order valence-electron chi connectivity index (χ0n) is 93.6. The Morgan fingerprint density at radius 2 is 0.540 bits per heavy atom. The molecule has 0 aromatic heterocycles. The van der Waals surface area contributed by atoms with Crippen LogP contribution in [0.2, 0.25) is 96.7 Å². The molecule has 794 valence electrons. The SMILES string of the molecule is CC1C(c2ccccc2)C2CCCCC2C1[Si](C)(C)C1CCC2CCCCC21.CC1CC2C3CCCCC3CCC2C1[Si](C)(C)C1CCC2CCCCC21.CC1CC2CC(C(C)(C)C)CCC2C1[Si](C)(C)C1C(c2ccccc2)CC2CCCCC21.C[Si](C)(C1CCC2CCCCC21)C1C2CCCCC2C2C3CCCCC3C3CCCCC3C21.[CH3-].[CH3-].[CH3-].[CH3-].[CH3-].[CH3-].[CH3-].[CH3-].[Cl][Zr+2][Cl].[Cl][Zr+2][Cl].[Cl][Zr+2][Cl].[Cl][Zr+2][Cl]. The average Bonchev–Trinajstić information content (AvgIpc) is 1.54. The number of fused-ring (bicyclic) bond motifs is 17. The van der Waals surface area contributed by atoms with Gasteiger partial charge in [0.05, 0.1) is 32.3 Å². The fourth-order valence-corrected chi connectivity index (χ4v) is 67.7. The summed E-state index contributed by atoms with van der Waals surface area (Å²) in [4.78, 5) is 0. The summed E-state index contributed by atoms with van der Waals surface area (Å²) < 4.78 is 0. The molecule has 20 aliphatic rings. The number of hydrogen-bond donors (Lipinski definition) is 0. The fraction of sp³-hybridized carbons (Fsp3) is 0.837. The van der Waals surface area contributed by atoms with E-state index in [1.54, 1.807) is 242 Å². The molecule has 0 N–H and O–H groups in total. The summed E-state index contributed by atoms with van der Waals surface area (Å²) in [7, 11) is 34.3. The van der Waals surface area contributed by atoms with E-state index in [9.17, 15) is 0 Å². The van der Waals surface area contributed by atoms with E-state index in [4.69, 9.17) is 68.1 Å². The first-order valence-corrected chi connectivity index (χ1v) is 95.0. The number of rotatable bonds is 10. The van der Waals surface area contributed by atoms with E-state index in [0.29, 0.717) is 5.41 Å². The van der Waals surface area contributed by atoms with Gasteiger partial charge in [0.1, 0.15) is 0 Å². The van der Waals surface area contributed by atoms with Gasteiger partial charge in [0.25, 0.3) is 0 Å². The minimum atomic E-state index is -1.43. The van der Waals surface area contributed by atoms with Crippen molar-refractivity contribution in [2.24, 2.45) is 171 Å². The predicted octanol–water partition coefficient (Wildman–Crippen LogP) is 44.6. The van der Waals surface area contributed by atoms with Gasteiger partial charge in [-0.25, -0.2) is 0 Å². The molecule has 0 aliphatic heterocycles. The van der Waals surface area contributed by atoms with Crippen LogP contribution >= 0.6 is 68.1 Å². The first-order valence-electron chi connectivity index (χ1n) is 57.1. The summed E-state index contributed by atoms with van der Waals surface area (Å²) in [5.74, 6) is 32.4. The van der Waals surface area contributed by atoms with E-state index in [0.717, 1.165) is 182 Å². The molecule has 2 aromatic rings. The molecular weight excluding hydrogens is 2240 g/mol. The Balaban J connectivity index is 0.000000239. The van der Waals surface area contributed by atoms with Gasteiger partial charge < -0.3 is 59.4 Å². The van der Waals surface area contributed by atoms with Crippen molar-refractivity contribution >= 4 is 100 Å². The summed E-state index contributed by atoms with van der Waals surface area (Å²) in [6.45, 7) is 38.8. The van der Waals surface area contributed by atoms with Crippen LogP contribution in [0.1, 0.15) is 386 Å². The van der Waals surface area contributed by atoms with Crippen LogP contribution in [0.5, 0.6) is 0 Å². The molecule has 0 amide bonds. The van der Waals surface area contributed by atoms with Crippen molar-refractivity contribution in [1.82, 2.24) is 0 Å². The van der Waals surface area contributed by atoms with Crippen LogP contribution in [-0.4, -0.2) is 32.3 Å². The Bertz CT molecular complexity index is 3720. The fourth-order valence-electron chi connectivity index (χ4n) is 43.2. The summed E-state index contributed by atoms with van der Waals surface area (Å²) in [6, 6.07) is 23.5. The molecule has 38 atom stereocenters. The van der Waals surface area contributed by atoms with Crippen molar-refractivity contribution in [3.8, 4) is 0 Å². The summed E-state index contributed by atoms with van der Waals surface area (Å²) in [5, 5.41) is 0. The van der Waals surface area contributed by atoms with E-state index in [2.05, 4.69) is 155 Å². The molecule has 20 saturated carbocycles. The standard InChI is InChI=1S/C32H54Si.C31H50Si.C27H42Si.C25H44Si.8CH3.8ClH.4Zr/c1-33(2,29-20-19-21-11-3-4-12-22(21)29)32-28-18-10-9-17-27(28)30-25-15-7-5-13-23(25)24-14-6-8-16-26(24)31(30)32;1-21-18-24-19-25(31(2,3)4)16-17-27(24)29(21)32(5,6)30-26-15-11-10-14-23(26)20-28(30)22-12-8-7-9-13-22;1-19-26(21-12-5-4-6-13-21)23-15-9-10-16-24(23)27(19)28(2,3)25-18-17-20-11-7-8-14-22(20)25;1-17-16-23-20-10-6-4-8-18(20)12-14-22(23)25(17)26(2,3)24-15-13-19-9-5-7-11-21(19)24;;;;;;;;;;;;;;;;;;;;/h21-32H,3-20H2,1-2H3;7-9,12-13,21,23-30H,10-11,14-20H2,1-6H3;4-6,12-13,19-20,22-27H,7-11,14-18H2,1-3H3;17-25H,4-16H2,1-3H3;8*1H3;8*1H;;;;/q;;;;8*-1;;;;;;;;;4*+4/p-8. The van der Waals surface area contributed by atoms with Crippen molar-refractivity contribution in [1.29, 1.82) is 0 Å². The molecule has 0 nitrogen and oxygen atoms in total. The Hall–Kier alpha value is 5.16. The van der Waals surface area contributed by atoms with Crippen LogP contribution in [0.15, 0.2) is 60.7 Å². The second-order valence-electron chi connectivity index (χ2n) is 53.6. The molecule has 20 aliphatic carbocycles. The number of hydrogen-bond acceptors (Lipinski definition) is 0. The second-order valence-corrected chi connectivity index (χ2v) is 88.6. The molecule has 22 rings (SSSR count). The van der Waals surface area contributed by atoms with Gasteiger partial charge >= 0.3 is 151 Å². The van der Waals surface area contributed by atoms with Crippen LogP contribution in [0.25, 0.3) is 0 Å². The summed E-state index contributed by atoms with van der Waals surface area (Å²) >= 11 is -3.30. The Kier molecular flexibility index (Phi) is 56.8. The van der Waals surface area contributed by atoms with E-state index < -0.39 is 116 Å². The third kappa shape index (κ3) is 28.7. The van der Waals surface area contributed by atoms with Crippen molar-refractivity contribution < 1.29 is 83.4 Å². The Morgan fingerprint density at radius 3 is 0.986 bits per heavy atom. The van der Waals surface area contributed by atoms with E-state index in [-0.39, 0.29) is 59.4 Å². The zero-order valence-corrected chi connectivity index (χ0v) is 113. The van der Waals surface area contributed by atoms with Crippen LogP contribution < -0.4 is 0 Å². The average molecular weight is 2450 g/mol. The van der Waals surface area contributed by atoms with Crippen LogP contribution in [0.3, 0.4) is 0 Å². The van der Waals surface area contributed by atoms with Crippen molar-refractivity contribution in [2.45, 2.75) is 471 Å². The molecule has 0 bridgehead atoms. The van der Waals surface area contributed by atoms with Gasteiger partial charge in [-0.3, -0.25) is 0 Å². The molecule has 20 fully saturated rings. The first kappa shape index (κ1) is 131. The molecular formula is C123H214Cl8Si4Zr4. The zero-order chi connectivity index (χ0) is 92.8. The normalized spacial score (nSPS) is 41.3. The van der Waals surface area contributed by atoms with Gasteiger partial charge in [-0.1, -0.05) is 379 Å². The van der Waals surface area contributed by atoms with Gasteiger partial charge in [0.2, 0.25) is 0 Å². The van der Waals surface area contributed by atoms with Crippen molar-refractivity contribution in [2.75, 3.05) is 0 Å². The molecule has 38 unspecified atom stereocenters. The third-order valence-electron chi connectivity index (χ3n) is 46.6. The molecule has 139 heavy (non-hydrogen) atoms. The monoisotopic (exact) mass is 2440 g/mol. The van der Waals surface area contributed by atoms with Gasteiger partial charge in [-0.15, -0.1) is 0 Å². The summed E-state index contributed by atoms with van der Waals surface area (Å²) in [5.41, 5.74) is 12.9. The predicted molar refractivity (Wildman–Crippen MR) is 621 cm³/mol. The van der Waals surface area contributed by atoms with Gasteiger partial charge in [-0.05, 0) is 335 Å². The quantitative estimate of drug-likeness (QED) is 0.164. The van der Waals surface area contributed by atoms with Crippen molar-refractivity contribution in [3.63, 3.8) is 0 Å². The van der Waals surface area contributed by atoms with Crippen LogP contribution in [0, 0.1) is 231 Å². The number of benzene rings is 2. The molecule has 2 aromatic carbocycles. The van der Waals surface area contributed by atoms with Crippen LogP contribution in [-0.2, 0) is 83.4 Å². The van der Waals surface area contributed by atoms with E-state index in [1.807, 2.05) is 0 Å². The van der Waals surface area contributed by atoms with E-state index in [1.165, 1.54) is 130 Å². The maximum absolute atomic E-state index is 4.93. The van der Waals surface area contributed by atoms with Crippen molar-refractivity contribution in [3.05, 3.63) is 131 Å². The molecule has 16 heteroatoms. The minimum absolute atomic E-state index is 0. The van der Waals surface area contributed by atoms with Crippen LogP contribution in [0.4, 0.5) is 0 Å². The van der Waals surface area contributed by atoms with Gasteiger partial charge in [0.15, 0.2) is 0 Å². The molecule has 0 heterocycles.